The van der Waals surface area contributed by atoms with Gasteiger partial charge in [0.05, 0.1) is 0 Å². The molecule has 0 unspecified atom stereocenters. The van der Waals surface area contributed by atoms with E-state index in [0.717, 1.165) is 50.3 Å². The van der Waals surface area contributed by atoms with Gasteiger partial charge in [-0.15, -0.1) is 0 Å². The van der Waals surface area contributed by atoms with Crippen LogP contribution in [-0.2, 0) is 16.1 Å². The molecule has 0 spiro atoms. The van der Waals surface area contributed by atoms with Crippen LogP contribution in [0.25, 0.3) is 0 Å². The van der Waals surface area contributed by atoms with Crippen molar-refractivity contribution >= 4 is 5.97 Å². The summed E-state index contributed by atoms with van der Waals surface area (Å²) in [7, 11) is 0. The summed E-state index contributed by atoms with van der Waals surface area (Å²) in [6.07, 6.45) is 0.868. The fourth-order valence-electron chi connectivity index (χ4n) is 5.12. The first-order valence-corrected chi connectivity index (χ1v) is 11.6. The smallest absolute Gasteiger partial charge is 0.318 e. The maximum atomic E-state index is 13.4. The molecule has 2 heterocycles. The molecule has 164 valence electrons. The Hall–Kier alpha value is -2.95. The van der Waals surface area contributed by atoms with Crippen molar-refractivity contribution < 1.29 is 9.53 Å². The lowest BCUT2D eigenvalue weighted by atomic mass is 9.91. The molecule has 0 amide bonds. The average molecular weight is 427 g/mol. The van der Waals surface area contributed by atoms with E-state index in [1.807, 2.05) is 60.7 Å². The molecule has 3 aromatic carbocycles. The van der Waals surface area contributed by atoms with E-state index in [1.54, 1.807) is 0 Å². The van der Waals surface area contributed by atoms with Crippen molar-refractivity contribution in [1.29, 1.82) is 0 Å². The highest BCUT2D eigenvalue weighted by molar-refractivity contribution is 5.82. The Morgan fingerprint density at radius 3 is 2.03 bits per heavy atom. The first kappa shape index (κ1) is 20.9. The highest BCUT2D eigenvalue weighted by atomic mass is 16.5. The second-order valence-corrected chi connectivity index (χ2v) is 8.92. The topological polar surface area (TPSA) is 32.8 Å². The number of piperazine rings is 1. The van der Waals surface area contributed by atoms with E-state index in [4.69, 9.17) is 4.74 Å². The molecule has 0 radical (unpaired) electrons. The molecule has 0 aliphatic carbocycles. The Morgan fingerprint density at radius 1 is 0.812 bits per heavy atom. The summed E-state index contributed by atoms with van der Waals surface area (Å²) < 4.78 is 6.13. The number of hydrogen-bond donors (Lipinski definition) is 0. The van der Waals surface area contributed by atoms with E-state index in [1.165, 1.54) is 5.56 Å². The van der Waals surface area contributed by atoms with Gasteiger partial charge in [0.2, 0.25) is 0 Å². The van der Waals surface area contributed by atoms with Crippen LogP contribution >= 0.6 is 0 Å². The minimum Gasteiger partial charge on any atom is -0.460 e. The van der Waals surface area contributed by atoms with Crippen LogP contribution in [0.15, 0.2) is 91.0 Å². The molecular weight excluding hydrogens is 396 g/mol. The first-order valence-electron chi connectivity index (χ1n) is 11.6. The van der Waals surface area contributed by atoms with Gasteiger partial charge in [-0.05, 0) is 16.7 Å². The summed E-state index contributed by atoms with van der Waals surface area (Å²) in [6, 6.07) is 31.0. The highest BCUT2D eigenvalue weighted by Gasteiger charge is 2.39. The van der Waals surface area contributed by atoms with E-state index in [-0.39, 0.29) is 18.0 Å². The SMILES string of the molecule is O=C(O[C@@H]1C[C@H]2CN(Cc3ccccc3)CCN2C1)C(c1ccccc1)c1ccccc1. The number of ether oxygens (including phenoxy) is 1. The lowest BCUT2D eigenvalue weighted by molar-refractivity contribution is -0.149. The molecular formula is C28H30N2O2. The van der Waals surface area contributed by atoms with Crippen LogP contribution in [0.4, 0.5) is 0 Å². The maximum Gasteiger partial charge on any atom is 0.318 e. The standard InChI is InChI=1S/C28H30N2O2/c31-28(27(23-12-6-2-7-13-23)24-14-8-3-9-15-24)32-26-18-25-20-29(16-17-30(25)21-26)19-22-10-4-1-5-11-22/h1-15,25-27H,16-21H2/t25-,26+/m0/s1. The molecule has 4 heteroatoms. The number of carbonyl (C=O) groups is 1. The van der Waals surface area contributed by atoms with Crippen molar-refractivity contribution in [2.75, 3.05) is 26.2 Å². The molecule has 0 aromatic heterocycles. The van der Waals surface area contributed by atoms with Gasteiger partial charge in [-0.25, -0.2) is 0 Å². The molecule has 0 bridgehead atoms. The second-order valence-electron chi connectivity index (χ2n) is 8.92. The van der Waals surface area contributed by atoms with Crippen molar-refractivity contribution in [3.05, 3.63) is 108 Å². The van der Waals surface area contributed by atoms with Crippen LogP contribution in [0.1, 0.15) is 29.0 Å². The van der Waals surface area contributed by atoms with Crippen LogP contribution in [0.3, 0.4) is 0 Å². The zero-order valence-corrected chi connectivity index (χ0v) is 18.3. The number of benzene rings is 3. The van der Waals surface area contributed by atoms with E-state index >= 15 is 0 Å². The van der Waals surface area contributed by atoms with E-state index in [0.29, 0.717) is 6.04 Å². The molecule has 3 aromatic rings. The van der Waals surface area contributed by atoms with Crippen molar-refractivity contribution in [2.45, 2.75) is 31.0 Å². The Bertz CT molecular complexity index is 970. The summed E-state index contributed by atoms with van der Waals surface area (Å²) in [5.41, 5.74) is 3.32. The zero-order valence-electron chi connectivity index (χ0n) is 18.3. The van der Waals surface area contributed by atoms with E-state index in [9.17, 15) is 4.79 Å². The molecule has 0 N–H and O–H groups in total. The minimum atomic E-state index is -0.385. The monoisotopic (exact) mass is 426 g/mol. The highest BCUT2D eigenvalue weighted by Crippen LogP contribution is 2.30. The van der Waals surface area contributed by atoms with Crippen LogP contribution in [-0.4, -0.2) is 54.1 Å². The van der Waals surface area contributed by atoms with Gasteiger partial charge in [-0.1, -0.05) is 91.0 Å². The van der Waals surface area contributed by atoms with E-state index < -0.39 is 0 Å². The zero-order chi connectivity index (χ0) is 21.8. The largest absolute Gasteiger partial charge is 0.460 e. The van der Waals surface area contributed by atoms with Crippen molar-refractivity contribution in [2.24, 2.45) is 0 Å². The summed E-state index contributed by atoms with van der Waals surface area (Å²) >= 11 is 0. The summed E-state index contributed by atoms with van der Waals surface area (Å²) in [4.78, 5) is 18.4. The number of nitrogens with zero attached hydrogens (tertiary/aromatic N) is 2. The number of hydrogen-bond acceptors (Lipinski definition) is 4. The molecule has 4 nitrogen and oxygen atoms in total. The van der Waals surface area contributed by atoms with Gasteiger partial charge in [-0.2, -0.15) is 0 Å². The maximum absolute atomic E-state index is 13.4. The fraction of sp³-hybridized carbons (Fsp3) is 0.321. The summed E-state index contributed by atoms with van der Waals surface area (Å²) in [5, 5.41) is 0. The molecule has 32 heavy (non-hydrogen) atoms. The lowest BCUT2D eigenvalue weighted by Crippen LogP contribution is -2.49. The molecule has 2 aliphatic rings. The van der Waals surface area contributed by atoms with Crippen molar-refractivity contribution in [3.63, 3.8) is 0 Å². The predicted octanol–water partition coefficient (Wildman–Crippen LogP) is 4.32. The van der Waals surface area contributed by atoms with Crippen LogP contribution < -0.4 is 0 Å². The van der Waals surface area contributed by atoms with Crippen LogP contribution in [0, 0.1) is 0 Å². The Labute approximate surface area is 190 Å². The summed E-state index contributed by atoms with van der Waals surface area (Å²) in [6.45, 7) is 4.95. The molecule has 2 atom stereocenters. The van der Waals surface area contributed by atoms with Gasteiger partial charge < -0.3 is 4.74 Å². The van der Waals surface area contributed by atoms with E-state index in [2.05, 4.69) is 40.1 Å². The third-order valence-electron chi connectivity index (χ3n) is 6.70. The molecule has 2 saturated heterocycles. The molecule has 0 saturated carbocycles. The minimum absolute atomic E-state index is 0.0425. The lowest BCUT2D eigenvalue weighted by Gasteiger charge is -2.37. The Morgan fingerprint density at radius 2 is 1.41 bits per heavy atom. The van der Waals surface area contributed by atoms with Crippen molar-refractivity contribution in [3.8, 4) is 0 Å². The molecule has 2 fully saturated rings. The second kappa shape index (κ2) is 9.68. The van der Waals surface area contributed by atoms with Gasteiger partial charge in [0, 0.05) is 45.2 Å². The number of fused-ring (bicyclic) bond motifs is 1. The Kier molecular flexibility index (Phi) is 6.33. The van der Waals surface area contributed by atoms with Gasteiger partial charge in [0.15, 0.2) is 0 Å². The fourth-order valence-corrected chi connectivity index (χ4v) is 5.12. The quantitative estimate of drug-likeness (QED) is 0.550. The third kappa shape index (κ3) is 4.77. The average Bonchev–Trinajstić information content (AvgIpc) is 3.23. The van der Waals surface area contributed by atoms with Gasteiger partial charge in [-0.3, -0.25) is 14.6 Å². The number of rotatable bonds is 6. The predicted molar refractivity (Wildman–Crippen MR) is 126 cm³/mol. The molecule has 2 aliphatic heterocycles. The normalized spacial score (nSPS) is 21.4. The number of carbonyl (C=O) groups excluding carboxylic acids is 1. The van der Waals surface area contributed by atoms with Gasteiger partial charge in [0.1, 0.15) is 12.0 Å². The third-order valence-corrected chi connectivity index (χ3v) is 6.70. The van der Waals surface area contributed by atoms with Gasteiger partial charge >= 0.3 is 5.97 Å². The van der Waals surface area contributed by atoms with Crippen LogP contribution in [0.5, 0.6) is 0 Å². The first-order chi connectivity index (χ1) is 15.8. The molecule has 5 rings (SSSR count). The van der Waals surface area contributed by atoms with Gasteiger partial charge in [0.25, 0.3) is 0 Å². The van der Waals surface area contributed by atoms with Crippen LogP contribution in [0.2, 0.25) is 0 Å². The van der Waals surface area contributed by atoms with Crippen molar-refractivity contribution in [1.82, 2.24) is 9.80 Å². The Balaban J connectivity index is 1.24. The summed E-state index contributed by atoms with van der Waals surface area (Å²) in [5.74, 6) is -0.530. The number of esters is 1.